The van der Waals surface area contributed by atoms with Gasteiger partial charge >= 0.3 is 0 Å². The Labute approximate surface area is 122 Å². The zero-order valence-corrected chi connectivity index (χ0v) is 12.5. The molecule has 1 aliphatic carbocycles. The Bertz CT molecular complexity index is 562. The molecule has 1 aromatic heterocycles. The molecule has 0 saturated heterocycles. The Balaban J connectivity index is 1.95. The molecule has 1 aliphatic rings. The molecule has 2 aromatic rings. The first-order chi connectivity index (χ1) is 9.28. The van der Waals surface area contributed by atoms with Gasteiger partial charge in [0.25, 0.3) is 0 Å². The van der Waals surface area contributed by atoms with E-state index in [1.54, 1.807) is 0 Å². The number of aryl methyl sites for hydroxylation is 1. The van der Waals surface area contributed by atoms with Crippen LogP contribution in [0.3, 0.4) is 0 Å². The normalized spacial score (nSPS) is 18.3. The van der Waals surface area contributed by atoms with Crippen LogP contribution in [0.5, 0.6) is 0 Å². The van der Waals surface area contributed by atoms with Crippen molar-refractivity contribution < 1.29 is 0 Å². The Hall–Kier alpha value is -0.900. The van der Waals surface area contributed by atoms with E-state index in [1.807, 2.05) is 30.5 Å². The molecule has 0 spiro atoms. The van der Waals surface area contributed by atoms with Crippen molar-refractivity contribution in [2.75, 3.05) is 13.6 Å². The van der Waals surface area contributed by atoms with Gasteiger partial charge in [-0.15, -0.1) is 11.3 Å². The van der Waals surface area contributed by atoms with E-state index in [1.165, 1.54) is 35.4 Å². The average molecular weight is 293 g/mol. The van der Waals surface area contributed by atoms with Crippen molar-refractivity contribution in [3.05, 3.63) is 39.9 Å². The summed E-state index contributed by atoms with van der Waals surface area (Å²) in [7, 11) is 2.01. The van der Waals surface area contributed by atoms with Gasteiger partial charge in [-0.3, -0.25) is 0 Å². The first-order valence-corrected chi connectivity index (χ1v) is 7.87. The number of thiazole rings is 1. The predicted molar refractivity (Wildman–Crippen MR) is 82.2 cm³/mol. The number of nitrogens with zero attached hydrogens (tertiary/aromatic N) is 1. The molecule has 19 heavy (non-hydrogen) atoms. The maximum atomic E-state index is 5.94. The number of fused-ring (bicyclic) bond motifs is 1. The molecule has 1 unspecified atom stereocenters. The van der Waals surface area contributed by atoms with Gasteiger partial charge in [-0.2, -0.15) is 0 Å². The van der Waals surface area contributed by atoms with Crippen molar-refractivity contribution in [3.8, 4) is 10.6 Å². The van der Waals surface area contributed by atoms with Gasteiger partial charge in [-0.05, 0) is 38.4 Å². The van der Waals surface area contributed by atoms with Crippen LogP contribution in [0.25, 0.3) is 10.6 Å². The lowest BCUT2D eigenvalue weighted by Gasteiger charge is -2.20. The van der Waals surface area contributed by atoms with Crippen LogP contribution in [0, 0.1) is 0 Å². The highest BCUT2D eigenvalue weighted by molar-refractivity contribution is 7.15. The molecule has 0 fully saturated rings. The van der Waals surface area contributed by atoms with Crippen LogP contribution < -0.4 is 5.32 Å². The quantitative estimate of drug-likeness (QED) is 0.921. The van der Waals surface area contributed by atoms with E-state index in [2.05, 4.69) is 17.4 Å². The van der Waals surface area contributed by atoms with E-state index in [0.717, 1.165) is 16.6 Å². The summed E-state index contributed by atoms with van der Waals surface area (Å²) in [5.41, 5.74) is 2.49. The van der Waals surface area contributed by atoms with Crippen LogP contribution in [0.15, 0.2) is 24.3 Å². The predicted octanol–water partition coefficient (Wildman–Crippen LogP) is 4.10. The lowest BCUT2D eigenvalue weighted by atomic mass is 9.91. The number of rotatable bonds is 3. The average Bonchev–Trinajstić information content (AvgIpc) is 2.85. The molecule has 1 atom stereocenters. The van der Waals surface area contributed by atoms with E-state index < -0.39 is 0 Å². The minimum absolute atomic E-state index is 0.575. The standard InChI is InChI=1S/C15H17ClN2S/c1-17-9-11-3-2-4-13-14(11)18-15(19-13)10-5-7-12(16)8-6-10/h5-8,11,17H,2-4,9H2,1H3. The maximum Gasteiger partial charge on any atom is 0.123 e. The summed E-state index contributed by atoms with van der Waals surface area (Å²) in [4.78, 5) is 6.36. The second-order valence-electron chi connectivity index (χ2n) is 4.98. The van der Waals surface area contributed by atoms with Crippen LogP contribution in [-0.4, -0.2) is 18.6 Å². The van der Waals surface area contributed by atoms with Crippen LogP contribution >= 0.6 is 22.9 Å². The van der Waals surface area contributed by atoms with Gasteiger partial charge in [0.1, 0.15) is 5.01 Å². The third kappa shape index (κ3) is 2.69. The fraction of sp³-hybridized carbons (Fsp3) is 0.400. The molecule has 0 amide bonds. The lowest BCUT2D eigenvalue weighted by Crippen LogP contribution is -2.20. The summed E-state index contributed by atoms with van der Waals surface area (Å²) < 4.78 is 0. The summed E-state index contributed by atoms with van der Waals surface area (Å²) in [5, 5.41) is 5.19. The van der Waals surface area contributed by atoms with Gasteiger partial charge in [-0.1, -0.05) is 23.7 Å². The largest absolute Gasteiger partial charge is 0.319 e. The number of halogens is 1. The van der Waals surface area contributed by atoms with Gasteiger partial charge in [0.15, 0.2) is 0 Å². The zero-order chi connectivity index (χ0) is 13.2. The van der Waals surface area contributed by atoms with Crippen molar-refractivity contribution >= 4 is 22.9 Å². The first-order valence-electron chi connectivity index (χ1n) is 6.68. The van der Waals surface area contributed by atoms with Crippen molar-refractivity contribution in [2.45, 2.75) is 25.2 Å². The maximum absolute atomic E-state index is 5.94. The molecule has 0 radical (unpaired) electrons. The van der Waals surface area contributed by atoms with Crippen molar-refractivity contribution in [1.29, 1.82) is 0 Å². The smallest absolute Gasteiger partial charge is 0.123 e. The van der Waals surface area contributed by atoms with Crippen molar-refractivity contribution in [3.63, 3.8) is 0 Å². The monoisotopic (exact) mass is 292 g/mol. The molecule has 1 N–H and O–H groups in total. The molecule has 3 rings (SSSR count). The highest BCUT2D eigenvalue weighted by Crippen LogP contribution is 2.38. The molecule has 100 valence electrons. The second-order valence-corrected chi connectivity index (χ2v) is 6.50. The van der Waals surface area contributed by atoms with E-state index in [4.69, 9.17) is 16.6 Å². The van der Waals surface area contributed by atoms with Gasteiger partial charge in [0, 0.05) is 27.9 Å². The highest BCUT2D eigenvalue weighted by atomic mass is 35.5. The van der Waals surface area contributed by atoms with Gasteiger partial charge < -0.3 is 5.32 Å². The molecule has 0 aliphatic heterocycles. The molecule has 0 bridgehead atoms. The van der Waals surface area contributed by atoms with Crippen LogP contribution in [0.2, 0.25) is 5.02 Å². The Morgan fingerprint density at radius 3 is 2.89 bits per heavy atom. The second kappa shape index (κ2) is 5.61. The van der Waals surface area contributed by atoms with Gasteiger partial charge in [0.05, 0.1) is 5.69 Å². The van der Waals surface area contributed by atoms with Gasteiger partial charge in [0.2, 0.25) is 0 Å². The summed E-state index contributed by atoms with van der Waals surface area (Å²) in [6.07, 6.45) is 3.71. The number of hydrogen-bond donors (Lipinski definition) is 1. The SMILES string of the molecule is CNCC1CCCc2sc(-c3ccc(Cl)cc3)nc21. The summed E-state index contributed by atoms with van der Waals surface area (Å²) >= 11 is 7.78. The molecular formula is C15H17ClN2S. The molecule has 2 nitrogen and oxygen atoms in total. The molecule has 0 saturated carbocycles. The van der Waals surface area contributed by atoms with E-state index in [9.17, 15) is 0 Å². The fourth-order valence-corrected chi connectivity index (χ4v) is 3.99. The van der Waals surface area contributed by atoms with Crippen molar-refractivity contribution in [1.82, 2.24) is 10.3 Å². The molecule has 1 aromatic carbocycles. The molecular weight excluding hydrogens is 276 g/mol. The highest BCUT2D eigenvalue weighted by Gasteiger charge is 2.24. The first kappa shape index (κ1) is 13.1. The Morgan fingerprint density at radius 1 is 1.37 bits per heavy atom. The minimum Gasteiger partial charge on any atom is -0.319 e. The van der Waals surface area contributed by atoms with Crippen molar-refractivity contribution in [2.24, 2.45) is 0 Å². The number of likely N-dealkylation sites (N-methyl/N-ethyl adjacent to an activating group) is 1. The summed E-state index contributed by atoms with van der Waals surface area (Å²) in [6, 6.07) is 7.98. The lowest BCUT2D eigenvalue weighted by molar-refractivity contribution is 0.523. The van der Waals surface area contributed by atoms with E-state index in [0.29, 0.717) is 5.92 Å². The van der Waals surface area contributed by atoms with Crippen LogP contribution in [0.4, 0.5) is 0 Å². The number of nitrogens with one attached hydrogen (secondary N) is 1. The van der Waals surface area contributed by atoms with Gasteiger partial charge in [-0.25, -0.2) is 4.98 Å². The molecule has 4 heteroatoms. The topological polar surface area (TPSA) is 24.9 Å². The number of benzene rings is 1. The molecule has 1 heterocycles. The van der Waals surface area contributed by atoms with E-state index in [-0.39, 0.29) is 0 Å². The Kier molecular flexibility index (Phi) is 3.87. The fourth-order valence-electron chi connectivity index (χ4n) is 2.67. The minimum atomic E-state index is 0.575. The van der Waals surface area contributed by atoms with E-state index >= 15 is 0 Å². The van der Waals surface area contributed by atoms with Crippen LogP contribution in [0.1, 0.15) is 29.3 Å². The number of aromatic nitrogens is 1. The summed E-state index contributed by atoms with van der Waals surface area (Å²) in [5.74, 6) is 0.575. The Morgan fingerprint density at radius 2 is 2.16 bits per heavy atom. The zero-order valence-electron chi connectivity index (χ0n) is 10.9. The third-order valence-corrected chi connectivity index (χ3v) is 5.04. The van der Waals surface area contributed by atoms with Crippen LogP contribution in [-0.2, 0) is 6.42 Å². The number of hydrogen-bond acceptors (Lipinski definition) is 3. The summed E-state index contributed by atoms with van der Waals surface area (Å²) in [6.45, 7) is 1.02. The third-order valence-electron chi connectivity index (χ3n) is 3.61.